The van der Waals surface area contributed by atoms with Gasteiger partial charge in [-0.2, -0.15) is 0 Å². The Morgan fingerprint density at radius 1 is 1.05 bits per heavy atom. The van der Waals surface area contributed by atoms with E-state index >= 15 is 0 Å². The lowest BCUT2D eigenvalue weighted by Gasteiger charge is -2.36. The summed E-state index contributed by atoms with van der Waals surface area (Å²) in [6, 6.07) is 5.86. The molecule has 1 unspecified atom stereocenters. The number of nitrogens with zero attached hydrogens (tertiary/aromatic N) is 2. The molecule has 1 saturated heterocycles. The van der Waals surface area contributed by atoms with Crippen molar-refractivity contribution >= 4 is 5.69 Å². The molecule has 0 radical (unpaired) electrons. The van der Waals surface area contributed by atoms with Crippen LogP contribution in [-0.4, -0.2) is 74.8 Å². The normalized spacial score (nSPS) is 17.6. The van der Waals surface area contributed by atoms with Crippen LogP contribution in [0.15, 0.2) is 18.2 Å². The van der Waals surface area contributed by atoms with Crippen LogP contribution in [-0.2, 0) is 0 Å². The van der Waals surface area contributed by atoms with Gasteiger partial charge in [0.05, 0.1) is 26.9 Å². The van der Waals surface area contributed by atoms with Crippen LogP contribution in [0.25, 0.3) is 0 Å². The highest BCUT2D eigenvalue weighted by molar-refractivity contribution is 5.56. The Kier molecular flexibility index (Phi) is 5.67. The van der Waals surface area contributed by atoms with E-state index in [1.54, 1.807) is 14.2 Å². The summed E-state index contributed by atoms with van der Waals surface area (Å²) >= 11 is 0. The van der Waals surface area contributed by atoms with Gasteiger partial charge in [0.25, 0.3) is 0 Å². The van der Waals surface area contributed by atoms with Crippen molar-refractivity contribution in [2.45, 2.75) is 6.10 Å². The highest BCUT2D eigenvalue weighted by Gasteiger charge is 2.20. The van der Waals surface area contributed by atoms with E-state index in [1.807, 2.05) is 18.2 Å². The topological polar surface area (TPSA) is 65.4 Å². The van der Waals surface area contributed by atoms with Gasteiger partial charge in [0.15, 0.2) is 0 Å². The van der Waals surface area contributed by atoms with Crippen molar-refractivity contribution in [1.82, 2.24) is 4.90 Å². The summed E-state index contributed by atoms with van der Waals surface area (Å²) in [4.78, 5) is 4.43. The molecule has 0 saturated carbocycles. The molecule has 118 valence electrons. The minimum absolute atomic E-state index is 0.187. The second-order valence-corrected chi connectivity index (χ2v) is 5.19. The van der Waals surface area contributed by atoms with Crippen molar-refractivity contribution in [1.29, 1.82) is 0 Å². The molecule has 2 N–H and O–H groups in total. The molecule has 0 aromatic heterocycles. The summed E-state index contributed by atoms with van der Waals surface area (Å²) in [6.45, 7) is 3.79. The van der Waals surface area contributed by atoms with E-state index < -0.39 is 6.10 Å². The molecule has 6 heteroatoms. The molecule has 0 amide bonds. The number of anilines is 1. The van der Waals surface area contributed by atoms with E-state index in [9.17, 15) is 5.11 Å². The summed E-state index contributed by atoms with van der Waals surface area (Å²) in [5.41, 5.74) is 1.08. The van der Waals surface area contributed by atoms with Gasteiger partial charge in [-0.05, 0) is 0 Å². The van der Waals surface area contributed by atoms with Gasteiger partial charge >= 0.3 is 0 Å². The zero-order chi connectivity index (χ0) is 15.2. The third-order valence-corrected chi connectivity index (χ3v) is 3.75. The van der Waals surface area contributed by atoms with Gasteiger partial charge in [-0.1, -0.05) is 0 Å². The van der Waals surface area contributed by atoms with Crippen LogP contribution < -0.4 is 14.4 Å². The van der Waals surface area contributed by atoms with E-state index in [2.05, 4.69) is 9.80 Å². The van der Waals surface area contributed by atoms with Gasteiger partial charge in [0, 0.05) is 56.6 Å². The molecule has 1 aromatic carbocycles. The van der Waals surface area contributed by atoms with Crippen molar-refractivity contribution in [2.75, 3.05) is 58.5 Å². The first-order chi connectivity index (χ1) is 10.2. The van der Waals surface area contributed by atoms with Gasteiger partial charge in [-0.25, -0.2) is 0 Å². The van der Waals surface area contributed by atoms with Gasteiger partial charge < -0.3 is 24.6 Å². The van der Waals surface area contributed by atoms with E-state index in [1.165, 1.54) is 0 Å². The number of aliphatic hydroxyl groups excluding tert-OH is 2. The lowest BCUT2D eigenvalue weighted by molar-refractivity contribution is 0.0575. The lowest BCUT2D eigenvalue weighted by Crippen LogP contribution is -2.49. The van der Waals surface area contributed by atoms with Crippen LogP contribution in [0.3, 0.4) is 0 Å². The van der Waals surface area contributed by atoms with Crippen molar-refractivity contribution in [3.8, 4) is 11.5 Å². The summed E-state index contributed by atoms with van der Waals surface area (Å²) in [5, 5.41) is 18.4. The van der Waals surface area contributed by atoms with Crippen molar-refractivity contribution in [2.24, 2.45) is 0 Å². The zero-order valence-electron chi connectivity index (χ0n) is 12.7. The Labute approximate surface area is 125 Å². The second-order valence-electron chi connectivity index (χ2n) is 5.19. The first kappa shape index (κ1) is 15.9. The molecule has 1 aliphatic heterocycles. The molecular formula is C15H24N2O4. The number of methoxy groups -OCH3 is 2. The summed E-state index contributed by atoms with van der Waals surface area (Å²) in [7, 11) is 3.29. The molecule has 0 bridgehead atoms. The molecular weight excluding hydrogens is 272 g/mol. The van der Waals surface area contributed by atoms with Gasteiger partial charge in [0.2, 0.25) is 0 Å². The fourth-order valence-corrected chi connectivity index (χ4v) is 2.52. The third kappa shape index (κ3) is 4.23. The van der Waals surface area contributed by atoms with E-state index in [0.717, 1.165) is 43.4 Å². The van der Waals surface area contributed by atoms with E-state index in [-0.39, 0.29) is 6.61 Å². The molecule has 1 aliphatic rings. The van der Waals surface area contributed by atoms with Crippen LogP contribution in [0.4, 0.5) is 5.69 Å². The monoisotopic (exact) mass is 296 g/mol. The molecule has 0 aliphatic carbocycles. The highest BCUT2D eigenvalue weighted by atomic mass is 16.5. The third-order valence-electron chi connectivity index (χ3n) is 3.75. The average Bonchev–Trinajstić information content (AvgIpc) is 2.54. The quantitative estimate of drug-likeness (QED) is 0.781. The Morgan fingerprint density at radius 2 is 1.62 bits per heavy atom. The molecule has 6 nitrogen and oxygen atoms in total. The number of hydrogen-bond acceptors (Lipinski definition) is 6. The van der Waals surface area contributed by atoms with E-state index in [4.69, 9.17) is 14.6 Å². The summed E-state index contributed by atoms with van der Waals surface area (Å²) in [5.74, 6) is 1.56. The van der Waals surface area contributed by atoms with E-state index in [0.29, 0.717) is 6.54 Å². The standard InChI is InChI=1S/C15H24N2O4/c1-20-14-7-12(8-15(9-14)21-2)17-5-3-16(4-6-17)10-13(19)11-18/h7-9,13,18-19H,3-6,10-11H2,1-2H3. The van der Waals surface area contributed by atoms with Crippen LogP contribution in [0, 0.1) is 0 Å². The molecule has 0 spiro atoms. The van der Waals surface area contributed by atoms with Gasteiger partial charge in [-0.15, -0.1) is 0 Å². The SMILES string of the molecule is COc1cc(OC)cc(N2CCN(CC(O)CO)CC2)c1. The number of rotatable bonds is 6. The first-order valence-electron chi connectivity index (χ1n) is 7.15. The molecule has 21 heavy (non-hydrogen) atoms. The second kappa shape index (κ2) is 7.49. The summed E-state index contributed by atoms with van der Waals surface area (Å²) in [6.07, 6.45) is -0.659. The molecule has 1 fully saturated rings. The number of ether oxygens (including phenoxy) is 2. The summed E-state index contributed by atoms with van der Waals surface area (Å²) < 4.78 is 10.6. The van der Waals surface area contributed by atoms with Gasteiger partial charge in [0.1, 0.15) is 11.5 Å². The largest absolute Gasteiger partial charge is 0.497 e. The lowest BCUT2D eigenvalue weighted by atomic mass is 10.2. The zero-order valence-corrected chi connectivity index (χ0v) is 12.7. The number of β-amino-alcohol motifs (C(OH)–C–C–N with tert-alkyl or cyclic N) is 1. The Morgan fingerprint density at radius 3 is 2.10 bits per heavy atom. The van der Waals surface area contributed by atoms with Crippen molar-refractivity contribution in [3.63, 3.8) is 0 Å². The number of benzene rings is 1. The minimum atomic E-state index is -0.659. The molecule has 1 aromatic rings. The fourth-order valence-electron chi connectivity index (χ4n) is 2.52. The minimum Gasteiger partial charge on any atom is -0.497 e. The first-order valence-corrected chi connectivity index (χ1v) is 7.15. The predicted octanol–water partition coefficient (Wildman–Crippen LogP) is 0.179. The molecule has 1 atom stereocenters. The predicted molar refractivity (Wildman–Crippen MR) is 81.3 cm³/mol. The maximum Gasteiger partial charge on any atom is 0.124 e. The average molecular weight is 296 g/mol. The van der Waals surface area contributed by atoms with Crippen LogP contribution in [0.2, 0.25) is 0 Å². The Bertz CT molecular complexity index is 425. The number of aliphatic hydroxyl groups is 2. The van der Waals surface area contributed by atoms with Crippen LogP contribution in [0.5, 0.6) is 11.5 Å². The Balaban J connectivity index is 1.98. The van der Waals surface area contributed by atoms with Crippen molar-refractivity contribution < 1.29 is 19.7 Å². The van der Waals surface area contributed by atoms with Crippen molar-refractivity contribution in [3.05, 3.63) is 18.2 Å². The maximum atomic E-state index is 9.49. The maximum absolute atomic E-state index is 9.49. The van der Waals surface area contributed by atoms with Crippen LogP contribution >= 0.6 is 0 Å². The Hall–Kier alpha value is -1.50. The molecule has 2 rings (SSSR count). The number of piperazine rings is 1. The number of hydrogen-bond donors (Lipinski definition) is 2. The smallest absolute Gasteiger partial charge is 0.124 e. The fraction of sp³-hybridized carbons (Fsp3) is 0.600. The van der Waals surface area contributed by atoms with Crippen LogP contribution in [0.1, 0.15) is 0 Å². The highest BCUT2D eigenvalue weighted by Crippen LogP contribution is 2.29. The molecule has 1 heterocycles. The van der Waals surface area contributed by atoms with Gasteiger partial charge in [-0.3, -0.25) is 4.90 Å².